The molecule has 0 atom stereocenters. The fraction of sp³-hybridized carbons (Fsp3) is 0.0667. The minimum absolute atomic E-state index is 0.287. The molecule has 0 spiro atoms. The van der Waals surface area contributed by atoms with Gasteiger partial charge in [-0.1, -0.05) is 36.4 Å². The third-order valence-electron chi connectivity index (χ3n) is 2.96. The predicted octanol–water partition coefficient (Wildman–Crippen LogP) is 3.97. The summed E-state index contributed by atoms with van der Waals surface area (Å²) >= 11 is 0. The number of hydrogen-bond acceptors (Lipinski definition) is 2. The largest absolute Gasteiger partial charge is 0.464 e. The summed E-state index contributed by atoms with van der Waals surface area (Å²) in [5.41, 5.74) is 2.80. The van der Waals surface area contributed by atoms with Crippen LogP contribution in [-0.2, 0) is 4.74 Å². The maximum Gasteiger partial charge on any atom is 0.359 e. The van der Waals surface area contributed by atoms with Gasteiger partial charge in [0.05, 0.1) is 12.6 Å². The number of nitrogens with zero attached hydrogens (tertiary/aromatic N) is 1. The Bertz CT molecular complexity index is 734. The maximum absolute atomic E-state index is 11.9. The van der Waals surface area contributed by atoms with Crippen LogP contribution in [0.1, 0.15) is 10.2 Å². The number of fused-ring (bicyclic) bond motifs is 1. The highest BCUT2D eigenvalue weighted by molar-refractivity contribution is 7.36. The predicted molar refractivity (Wildman–Crippen MR) is 76.7 cm³/mol. The van der Waals surface area contributed by atoms with Gasteiger partial charge in [0.15, 0.2) is 5.43 Å². The van der Waals surface area contributed by atoms with E-state index < -0.39 is 0 Å². The normalized spacial score (nSPS) is 11.0. The van der Waals surface area contributed by atoms with E-state index in [1.165, 1.54) is 7.11 Å². The smallest absolute Gasteiger partial charge is 0.359 e. The van der Waals surface area contributed by atoms with E-state index in [4.69, 9.17) is 4.74 Å². The summed E-state index contributed by atoms with van der Waals surface area (Å²) in [6.07, 6.45) is 1.89. The minimum Gasteiger partial charge on any atom is -0.464 e. The summed E-state index contributed by atoms with van der Waals surface area (Å²) in [4.78, 5) is 11.9. The van der Waals surface area contributed by atoms with Gasteiger partial charge in [-0.2, -0.15) is 0 Å². The summed E-state index contributed by atoms with van der Waals surface area (Å²) in [7, 11) is 2.29. The molecular weight excluding hydrogens is 257 g/mol. The second kappa shape index (κ2) is 4.87. The second-order valence-electron chi connectivity index (χ2n) is 4.10. The Morgan fingerprint density at radius 2 is 1.84 bits per heavy atom. The van der Waals surface area contributed by atoms with E-state index in [9.17, 15) is 4.79 Å². The average molecular weight is 269 g/mol. The van der Waals surface area contributed by atoms with Crippen LogP contribution in [-0.4, -0.2) is 17.5 Å². The molecule has 0 aliphatic carbocycles. The summed E-state index contributed by atoms with van der Waals surface area (Å²) in [5, 5.41) is 1.13. The van der Waals surface area contributed by atoms with Gasteiger partial charge in [-0.05, 0) is 25.9 Å². The van der Waals surface area contributed by atoms with Gasteiger partial charge in [0.1, 0.15) is 0 Å². The van der Waals surface area contributed by atoms with Crippen molar-refractivity contribution >= 4 is 19.7 Å². The lowest BCUT2D eigenvalue weighted by molar-refractivity contribution is 0.0599. The molecule has 0 amide bonds. The van der Waals surface area contributed by atoms with E-state index in [2.05, 4.69) is 12.1 Å². The molecule has 0 unspecified atom stereocenters. The second-order valence-corrected chi connectivity index (χ2v) is 5.19. The zero-order valence-corrected chi connectivity index (χ0v) is 11.3. The van der Waals surface area contributed by atoms with Gasteiger partial charge in [-0.3, -0.25) is 0 Å². The molecule has 3 nitrogen and oxygen atoms in total. The maximum atomic E-state index is 11.9. The first kappa shape index (κ1) is 11.9. The van der Waals surface area contributed by atoms with Crippen LogP contribution in [0.25, 0.3) is 16.4 Å². The Labute approximate surface area is 112 Å². The van der Waals surface area contributed by atoms with E-state index in [1.54, 1.807) is 0 Å². The van der Waals surface area contributed by atoms with E-state index in [-0.39, 0.29) is 5.97 Å². The molecule has 0 bridgehead atoms. The third-order valence-corrected chi connectivity index (χ3v) is 4.28. The minimum atomic E-state index is -0.287. The number of hydrogen-bond donors (Lipinski definition) is 0. The highest BCUT2D eigenvalue weighted by atomic mass is 31.0. The lowest BCUT2D eigenvalue weighted by atomic mass is 10.2. The molecular formula is C15H12NO2P. The molecule has 2 heterocycles. The van der Waals surface area contributed by atoms with Crippen LogP contribution in [0.15, 0.2) is 54.7 Å². The molecule has 0 radical (unpaired) electrons. The van der Waals surface area contributed by atoms with Crippen molar-refractivity contribution in [2.45, 2.75) is 0 Å². The Morgan fingerprint density at radius 3 is 2.58 bits per heavy atom. The Morgan fingerprint density at radius 1 is 1.11 bits per heavy atom. The van der Waals surface area contributed by atoms with Gasteiger partial charge in [0, 0.05) is 11.5 Å². The quantitative estimate of drug-likeness (QED) is 0.659. The molecule has 0 aliphatic heterocycles. The van der Waals surface area contributed by atoms with Gasteiger partial charge >= 0.3 is 5.97 Å². The first-order valence-corrected chi connectivity index (χ1v) is 6.81. The molecule has 3 aromatic rings. The van der Waals surface area contributed by atoms with Crippen LogP contribution in [0, 0.1) is 0 Å². The molecule has 3 rings (SSSR count). The van der Waals surface area contributed by atoms with Crippen LogP contribution >= 0.6 is 8.19 Å². The first-order chi connectivity index (χ1) is 9.31. The zero-order chi connectivity index (χ0) is 13.2. The van der Waals surface area contributed by atoms with Gasteiger partial charge in [0.25, 0.3) is 0 Å². The van der Waals surface area contributed by atoms with Crippen molar-refractivity contribution in [3.8, 4) is 10.9 Å². The van der Waals surface area contributed by atoms with Crippen LogP contribution in [0.5, 0.6) is 0 Å². The van der Waals surface area contributed by atoms with Crippen LogP contribution in [0.2, 0.25) is 0 Å². The van der Waals surface area contributed by atoms with Crippen molar-refractivity contribution in [3.05, 3.63) is 60.2 Å². The van der Waals surface area contributed by atoms with Gasteiger partial charge < -0.3 is 9.14 Å². The van der Waals surface area contributed by atoms with E-state index in [1.807, 2.05) is 47.0 Å². The Hall–Kier alpha value is -2.12. The van der Waals surface area contributed by atoms with Crippen LogP contribution < -0.4 is 0 Å². The molecule has 2 aromatic heterocycles. The number of ether oxygens (including phenoxy) is 1. The number of carbonyl (C=O) groups is 1. The number of methoxy groups -OCH3 is 1. The van der Waals surface area contributed by atoms with E-state index >= 15 is 0 Å². The SMILES string of the molecule is COC(=O)c1pc(-c2ccccc2)c2ccccn12. The van der Waals surface area contributed by atoms with Crippen LogP contribution in [0.3, 0.4) is 0 Å². The van der Waals surface area contributed by atoms with Crippen molar-refractivity contribution in [3.63, 3.8) is 0 Å². The Balaban J connectivity index is 2.29. The van der Waals surface area contributed by atoms with E-state index in [0.29, 0.717) is 5.43 Å². The van der Waals surface area contributed by atoms with Crippen molar-refractivity contribution in [2.24, 2.45) is 0 Å². The summed E-state index contributed by atoms with van der Waals surface area (Å²) in [5.74, 6) is -0.287. The van der Waals surface area contributed by atoms with Crippen LogP contribution in [0.4, 0.5) is 0 Å². The molecule has 1 aromatic carbocycles. The number of rotatable bonds is 2. The van der Waals surface area contributed by atoms with Crippen molar-refractivity contribution in [2.75, 3.05) is 7.11 Å². The molecule has 0 N–H and O–H groups in total. The van der Waals surface area contributed by atoms with E-state index in [0.717, 1.165) is 24.6 Å². The summed E-state index contributed by atoms with van der Waals surface area (Å²) < 4.78 is 6.76. The molecule has 0 saturated heterocycles. The monoisotopic (exact) mass is 269 g/mol. The fourth-order valence-electron chi connectivity index (χ4n) is 2.08. The average Bonchev–Trinajstić information content (AvgIpc) is 2.87. The van der Waals surface area contributed by atoms with Crippen molar-refractivity contribution < 1.29 is 9.53 Å². The van der Waals surface area contributed by atoms with Gasteiger partial charge in [0.2, 0.25) is 0 Å². The number of aromatic nitrogens is 1. The Kier molecular flexibility index (Phi) is 3.06. The highest BCUT2D eigenvalue weighted by Crippen LogP contribution is 2.37. The lowest BCUT2D eigenvalue weighted by Gasteiger charge is -2.00. The third kappa shape index (κ3) is 2.02. The highest BCUT2D eigenvalue weighted by Gasteiger charge is 2.16. The first-order valence-electron chi connectivity index (χ1n) is 5.92. The molecule has 94 valence electrons. The van der Waals surface area contributed by atoms with Gasteiger partial charge in [-0.15, -0.1) is 0 Å². The van der Waals surface area contributed by atoms with Gasteiger partial charge in [-0.25, -0.2) is 4.79 Å². The number of benzene rings is 1. The standard InChI is InChI=1S/C15H12NO2P/c1-18-15(17)14-16-10-6-5-9-12(16)13(19-14)11-7-3-2-4-8-11/h2-10H,1H3. The zero-order valence-electron chi connectivity index (χ0n) is 10.4. The molecule has 19 heavy (non-hydrogen) atoms. The van der Waals surface area contributed by atoms with Crippen molar-refractivity contribution in [1.29, 1.82) is 0 Å². The molecule has 0 fully saturated rings. The summed E-state index contributed by atoms with van der Waals surface area (Å²) in [6, 6.07) is 16.0. The number of pyridine rings is 1. The molecule has 0 aliphatic rings. The topological polar surface area (TPSA) is 30.7 Å². The molecule has 0 saturated carbocycles. The number of carbonyl (C=O) groups excluding carboxylic acids is 1. The lowest BCUT2D eigenvalue weighted by Crippen LogP contribution is -2.03. The number of esters is 1. The fourth-order valence-corrected chi connectivity index (χ4v) is 3.33. The summed E-state index contributed by atoms with van der Waals surface area (Å²) in [6.45, 7) is 0. The van der Waals surface area contributed by atoms with Crippen molar-refractivity contribution in [1.82, 2.24) is 4.40 Å². The molecule has 4 heteroatoms.